The third kappa shape index (κ3) is 4.59. The number of rotatable bonds is 2. The monoisotopic (exact) mass is 557 g/mol. The average molecular weight is 557 g/mol. The van der Waals surface area contributed by atoms with Crippen molar-refractivity contribution in [1.29, 1.82) is 0 Å². The Balaban J connectivity index is 1.67. The summed E-state index contributed by atoms with van der Waals surface area (Å²) in [5.41, 5.74) is 0.736. The molecule has 0 saturated carbocycles. The number of allylic oxidation sites excluding steroid dienone is 1. The number of halogens is 4. The van der Waals surface area contributed by atoms with Gasteiger partial charge in [0.15, 0.2) is 0 Å². The minimum atomic E-state index is -4.44. The van der Waals surface area contributed by atoms with Gasteiger partial charge in [-0.2, -0.15) is 0 Å². The second kappa shape index (κ2) is 9.08. The summed E-state index contributed by atoms with van der Waals surface area (Å²) >= 11 is -1.53. The van der Waals surface area contributed by atoms with Crippen LogP contribution in [0.25, 0.3) is 11.3 Å². The van der Waals surface area contributed by atoms with E-state index in [9.17, 15) is 18.0 Å². The molecular weight excluding hydrogens is 534 g/mol. The molecule has 1 N–H and O–H groups in total. The number of amides is 2. The van der Waals surface area contributed by atoms with E-state index < -0.39 is 31.6 Å². The van der Waals surface area contributed by atoms with Crippen LogP contribution in [0.15, 0.2) is 53.7 Å². The SMILES string of the molecule is CCI1CC=CN=C1NC(=O)N1CCN(C)c2ccc(-c3cccc(C(F)(F)F)c3)nc21. The Labute approximate surface area is 191 Å². The Morgan fingerprint density at radius 2 is 2.03 bits per heavy atom. The number of nitrogens with zero attached hydrogens (tertiary/aromatic N) is 4. The van der Waals surface area contributed by atoms with Crippen molar-refractivity contribution in [2.75, 3.05) is 38.8 Å². The molecule has 0 fully saturated rings. The average Bonchev–Trinajstić information content (AvgIpc) is 2.79. The molecule has 32 heavy (non-hydrogen) atoms. The van der Waals surface area contributed by atoms with E-state index in [-0.39, 0.29) is 6.03 Å². The summed E-state index contributed by atoms with van der Waals surface area (Å²) in [6.07, 6.45) is -0.676. The Hall–Kier alpha value is -2.63. The van der Waals surface area contributed by atoms with E-state index in [0.717, 1.165) is 30.5 Å². The molecule has 2 amide bonds. The van der Waals surface area contributed by atoms with Crippen LogP contribution < -0.4 is 15.1 Å². The van der Waals surface area contributed by atoms with Crippen LogP contribution in [0.5, 0.6) is 0 Å². The molecule has 3 heterocycles. The molecule has 0 spiro atoms. The van der Waals surface area contributed by atoms with Gasteiger partial charge in [-0.05, 0) is 0 Å². The van der Waals surface area contributed by atoms with Crippen molar-refractivity contribution in [1.82, 2.24) is 10.3 Å². The van der Waals surface area contributed by atoms with Gasteiger partial charge in [0, 0.05) is 0 Å². The Kier molecular flexibility index (Phi) is 6.40. The van der Waals surface area contributed by atoms with Gasteiger partial charge < -0.3 is 0 Å². The van der Waals surface area contributed by atoms with E-state index in [1.807, 2.05) is 18.0 Å². The fraction of sp³-hybridized carbons (Fsp3) is 0.318. The Bertz CT molecular complexity index is 1090. The molecule has 1 aromatic heterocycles. The van der Waals surface area contributed by atoms with Gasteiger partial charge in [0.2, 0.25) is 0 Å². The number of carbonyl (C=O) groups is 1. The second-order valence-corrected chi connectivity index (χ2v) is 13.3. The second-order valence-electron chi connectivity index (χ2n) is 7.30. The van der Waals surface area contributed by atoms with Crippen molar-refractivity contribution in [3.05, 3.63) is 54.2 Å². The number of aliphatic imine (C=N–C) groups is 1. The predicted octanol–water partition coefficient (Wildman–Crippen LogP) is 5.14. The zero-order valence-electron chi connectivity index (χ0n) is 17.7. The van der Waals surface area contributed by atoms with Gasteiger partial charge in [0.25, 0.3) is 0 Å². The number of nitrogens with one attached hydrogen (secondary N) is 1. The van der Waals surface area contributed by atoms with Crippen LogP contribution in [-0.2, 0) is 6.18 Å². The van der Waals surface area contributed by atoms with Crippen LogP contribution in [0.2, 0.25) is 0 Å². The van der Waals surface area contributed by atoms with Crippen molar-refractivity contribution in [3.63, 3.8) is 0 Å². The number of likely N-dealkylation sites (N-methyl/N-ethyl adjacent to an activating group) is 1. The summed E-state index contributed by atoms with van der Waals surface area (Å²) in [6, 6.07) is 8.23. The number of fused-ring (bicyclic) bond motifs is 1. The van der Waals surface area contributed by atoms with Crippen LogP contribution >= 0.6 is 19.8 Å². The zero-order chi connectivity index (χ0) is 22.9. The topological polar surface area (TPSA) is 60.8 Å². The number of hydrogen-bond acceptors (Lipinski definition) is 4. The number of aromatic nitrogens is 1. The van der Waals surface area contributed by atoms with Crippen LogP contribution in [0.3, 0.4) is 0 Å². The molecule has 10 heteroatoms. The van der Waals surface area contributed by atoms with E-state index in [1.165, 1.54) is 6.07 Å². The number of amidine groups is 1. The number of anilines is 2. The first-order chi connectivity index (χ1) is 15.3. The van der Waals surface area contributed by atoms with Gasteiger partial charge >= 0.3 is 192 Å². The summed E-state index contributed by atoms with van der Waals surface area (Å²) in [5.74, 6) is 0.426. The standard InChI is InChI=1S/C22H23F3IN5O/c1-3-26-10-5-11-27-20(26)29-21(32)31-13-12-30(2)18-9-8-17(28-19(18)31)15-6-4-7-16(14-15)22(23,24)25/h4-9,11,14H,3,10,12-13H2,1-2H3,(H,27,29,32). The third-order valence-corrected chi connectivity index (χ3v) is 10.7. The van der Waals surface area contributed by atoms with Crippen LogP contribution in [0.1, 0.15) is 12.5 Å². The Morgan fingerprint density at radius 3 is 2.78 bits per heavy atom. The van der Waals surface area contributed by atoms with Crippen molar-refractivity contribution in [2.45, 2.75) is 13.1 Å². The minimum absolute atomic E-state index is 0.308. The molecule has 0 atom stereocenters. The number of benzene rings is 1. The number of carbonyl (C=O) groups excluding carboxylic acids is 1. The van der Waals surface area contributed by atoms with Gasteiger partial charge in [-0.15, -0.1) is 0 Å². The first kappa shape index (κ1) is 22.6. The summed E-state index contributed by atoms with van der Waals surface area (Å²) < 4.78 is 42.2. The molecule has 6 nitrogen and oxygen atoms in total. The van der Waals surface area contributed by atoms with E-state index in [4.69, 9.17) is 0 Å². The van der Waals surface area contributed by atoms with E-state index in [2.05, 4.69) is 22.2 Å². The molecule has 2 aliphatic heterocycles. The molecule has 0 aliphatic carbocycles. The first-order valence-corrected chi connectivity index (χ1v) is 14.2. The molecule has 0 radical (unpaired) electrons. The molecule has 0 saturated heterocycles. The molecule has 1 aromatic carbocycles. The molecule has 4 rings (SSSR count). The third-order valence-electron chi connectivity index (χ3n) is 5.27. The number of pyridine rings is 1. The van der Waals surface area contributed by atoms with E-state index in [0.29, 0.717) is 30.2 Å². The quantitative estimate of drug-likeness (QED) is 0.316. The van der Waals surface area contributed by atoms with Gasteiger partial charge in [0.05, 0.1) is 0 Å². The van der Waals surface area contributed by atoms with Gasteiger partial charge in [-0.1, -0.05) is 0 Å². The van der Waals surface area contributed by atoms with Crippen molar-refractivity contribution >= 4 is 41.2 Å². The maximum atomic E-state index is 13.2. The van der Waals surface area contributed by atoms with Crippen molar-refractivity contribution < 1.29 is 18.0 Å². The van der Waals surface area contributed by atoms with Gasteiger partial charge in [-0.3, -0.25) is 0 Å². The summed E-state index contributed by atoms with van der Waals surface area (Å²) in [6.45, 7) is 3.14. The van der Waals surface area contributed by atoms with Crippen LogP contribution in [-0.4, -0.2) is 43.8 Å². The van der Waals surface area contributed by atoms with E-state index in [1.54, 1.807) is 29.3 Å². The fourth-order valence-corrected chi connectivity index (χ4v) is 7.30. The van der Waals surface area contributed by atoms with Gasteiger partial charge in [-0.25, -0.2) is 0 Å². The number of alkyl halides is 5. The summed E-state index contributed by atoms with van der Waals surface area (Å²) in [7, 11) is 1.90. The molecule has 0 unspecified atom stereocenters. The van der Waals surface area contributed by atoms with E-state index >= 15 is 0 Å². The molecule has 170 valence electrons. The number of hydrogen-bond donors (Lipinski definition) is 1. The molecular formula is C22H23F3IN5O. The molecule has 2 aliphatic rings. The summed E-state index contributed by atoms with van der Waals surface area (Å²) in [5, 5.41) is 2.98. The molecule has 0 bridgehead atoms. The Morgan fingerprint density at radius 1 is 1.22 bits per heavy atom. The van der Waals surface area contributed by atoms with Crippen molar-refractivity contribution in [3.8, 4) is 11.3 Å². The van der Waals surface area contributed by atoms with Crippen LogP contribution in [0.4, 0.5) is 29.5 Å². The fourth-order valence-electron chi connectivity index (χ4n) is 3.53. The van der Waals surface area contributed by atoms with Crippen LogP contribution in [0, 0.1) is 0 Å². The first-order valence-electron chi connectivity index (χ1n) is 10.1. The zero-order valence-corrected chi connectivity index (χ0v) is 19.8. The predicted molar refractivity (Wildman–Crippen MR) is 130 cm³/mol. The maximum absolute atomic E-state index is 13.2. The van der Waals surface area contributed by atoms with Gasteiger partial charge in [0.1, 0.15) is 0 Å². The number of urea groups is 1. The summed E-state index contributed by atoms with van der Waals surface area (Å²) in [4.78, 5) is 25.7. The normalized spacial score (nSPS) is 17.2. The van der Waals surface area contributed by atoms with Crippen molar-refractivity contribution in [2.24, 2.45) is 4.99 Å². The molecule has 2 aromatic rings.